The topological polar surface area (TPSA) is 99.8 Å². The van der Waals surface area contributed by atoms with Crippen molar-refractivity contribution in [3.63, 3.8) is 0 Å². The Hall–Kier alpha value is -3.39. The fraction of sp³-hybridized carbons (Fsp3) is 0.400. The first kappa shape index (κ1) is 24.3. The van der Waals surface area contributed by atoms with Gasteiger partial charge in [-0.2, -0.15) is 0 Å². The van der Waals surface area contributed by atoms with E-state index in [9.17, 15) is 14.4 Å². The molecule has 2 aromatic carbocycles. The predicted molar refractivity (Wildman–Crippen MR) is 129 cm³/mol. The van der Waals surface area contributed by atoms with Gasteiger partial charge in [-0.1, -0.05) is 6.07 Å². The molecule has 3 N–H and O–H groups in total. The molecular formula is C25H32N4O4. The highest BCUT2D eigenvalue weighted by Gasteiger charge is 2.18. The molecule has 1 aliphatic heterocycles. The lowest BCUT2D eigenvalue weighted by Crippen LogP contribution is -2.35. The number of likely N-dealkylation sites (tertiary alicyclic amines) is 1. The molecule has 1 aliphatic rings. The molecule has 2 aromatic rings. The van der Waals surface area contributed by atoms with Gasteiger partial charge >= 0.3 is 0 Å². The summed E-state index contributed by atoms with van der Waals surface area (Å²) in [6.45, 7) is 2.79. The summed E-state index contributed by atoms with van der Waals surface area (Å²) in [4.78, 5) is 39.0. The van der Waals surface area contributed by atoms with E-state index in [-0.39, 0.29) is 24.3 Å². The first-order valence-corrected chi connectivity index (χ1v) is 11.4. The monoisotopic (exact) mass is 452 g/mol. The number of hydrogen-bond acceptors (Lipinski definition) is 5. The summed E-state index contributed by atoms with van der Waals surface area (Å²) in [6, 6.07) is 14.0. The van der Waals surface area contributed by atoms with Crippen molar-refractivity contribution in [2.75, 3.05) is 50.5 Å². The van der Waals surface area contributed by atoms with Crippen LogP contribution in [-0.4, -0.2) is 62.5 Å². The number of hydrogen-bond donors (Lipinski definition) is 3. The third-order valence-electron chi connectivity index (χ3n) is 5.45. The van der Waals surface area contributed by atoms with Gasteiger partial charge in [0.2, 0.25) is 5.91 Å². The summed E-state index contributed by atoms with van der Waals surface area (Å²) in [5, 5.41) is 8.69. The highest BCUT2D eigenvalue weighted by molar-refractivity contribution is 5.97. The highest BCUT2D eigenvalue weighted by atomic mass is 16.5. The molecule has 1 heterocycles. The van der Waals surface area contributed by atoms with E-state index in [1.807, 2.05) is 4.90 Å². The number of carbonyl (C=O) groups excluding carboxylic acids is 3. The fourth-order valence-electron chi connectivity index (χ4n) is 3.65. The molecule has 1 fully saturated rings. The number of anilines is 2. The number of amides is 3. The Morgan fingerprint density at radius 3 is 2.42 bits per heavy atom. The van der Waals surface area contributed by atoms with Gasteiger partial charge in [0, 0.05) is 55.9 Å². The lowest BCUT2D eigenvalue weighted by molar-refractivity contribution is -0.114. The van der Waals surface area contributed by atoms with Gasteiger partial charge in [0.25, 0.3) is 11.8 Å². The number of nitrogens with one attached hydrogen (secondary N) is 3. The normalized spacial score (nSPS) is 13.3. The van der Waals surface area contributed by atoms with Crippen LogP contribution in [0.5, 0.6) is 0 Å². The van der Waals surface area contributed by atoms with E-state index in [2.05, 4.69) is 16.0 Å². The van der Waals surface area contributed by atoms with Crippen molar-refractivity contribution >= 4 is 29.1 Å². The molecule has 8 heteroatoms. The number of ether oxygens (including phenoxy) is 1. The van der Waals surface area contributed by atoms with E-state index in [1.54, 1.807) is 55.6 Å². The van der Waals surface area contributed by atoms with Crippen LogP contribution in [0.2, 0.25) is 0 Å². The molecule has 3 amide bonds. The molecule has 0 bridgehead atoms. The van der Waals surface area contributed by atoms with Gasteiger partial charge in [-0.15, -0.1) is 0 Å². The maximum Gasteiger partial charge on any atom is 0.253 e. The van der Waals surface area contributed by atoms with Crippen molar-refractivity contribution in [3.05, 3.63) is 59.7 Å². The van der Waals surface area contributed by atoms with Crippen molar-refractivity contribution in [3.8, 4) is 0 Å². The average molecular weight is 453 g/mol. The Morgan fingerprint density at radius 1 is 0.939 bits per heavy atom. The predicted octanol–water partition coefficient (Wildman–Crippen LogP) is 3.13. The minimum absolute atomic E-state index is 0.0388. The quantitative estimate of drug-likeness (QED) is 0.481. The molecule has 1 saturated heterocycles. The van der Waals surface area contributed by atoms with E-state index in [0.29, 0.717) is 35.7 Å². The van der Waals surface area contributed by atoms with Crippen molar-refractivity contribution in [1.29, 1.82) is 0 Å². The van der Waals surface area contributed by atoms with Crippen LogP contribution in [0.4, 0.5) is 11.4 Å². The molecule has 176 valence electrons. The summed E-state index contributed by atoms with van der Waals surface area (Å²) in [7, 11) is 1.62. The number of nitrogens with zero attached hydrogens (tertiary/aromatic N) is 1. The summed E-state index contributed by atoms with van der Waals surface area (Å²) in [5.74, 6) is -0.352. The summed E-state index contributed by atoms with van der Waals surface area (Å²) in [6.07, 6.45) is 4.02. The van der Waals surface area contributed by atoms with Crippen molar-refractivity contribution in [2.24, 2.45) is 0 Å². The Balaban J connectivity index is 1.46. The van der Waals surface area contributed by atoms with Gasteiger partial charge in [-0.25, -0.2) is 0 Å². The lowest BCUT2D eigenvalue weighted by Gasteiger charge is -2.26. The van der Waals surface area contributed by atoms with Crippen LogP contribution in [-0.2, 0) is 9.53 Å². The molecule has 0 spiro atoms. The summed E-state index contributed by atoms with van der Waals surface area (Å²) >= 11 is 0. The summed E-state index contributed by atoms with van der Waals surface area (Å²) in [5.41, 5.74) is 2.45. The van der Waals surface area contributed by atoms with Gasteiger partial charge < -0.3 is 25.6 Å². The third kappa shape index (κ3) is 7.61. The van der Waals surface area contributed by atoms with Crippen molar-refractivity contribution in [2.45, 2.75) is 25.7 Å². The smallest absolute Gasteiger partial charge is 0.253 e. The number of piperidine rings is 1. The van der Waals surface area contributed by atoms with Crippen molar-refractivity contribution in [1.82, 2.24) is 10.2 Å². The van der Waals surface area contributed by atoms with Crippen molar-refractivity contribution < 1.29 is 19.1 Å². The van der Waals surface area contributed by atoms with E-state index in [0.717, 1.165) is 32.4 Å². The van der Waals surface area contributed by atoms with Crippen LogP contribution in [0.1, 0.15) is 46.4 Å². The van der Waals surface area contributed by atoms with Crippen LogP contribution in [0, 0.1) is 0 Å². The molecule has 0 unspecified atom stereocenters. The van der Waals surface area contributed by atoms with E-state index in [1.165, 1.54) is 6.42 Å². The molecule has 0 atom stereocenters. The molecule has 33 heavy (non-hydrogen) atoms. The molecule has 0 aromatic heterocycles. The lowest BCUT2D eigenvalue weighted by atomic mass is 10.1. The first-order chi connectivity index (χ1) is 16.1. The second-order valence-corrected chi connectivity index (χ2v) is 8.01. The minimum atomic E-state index is -0.223. The van der Waals surface area contributed by atoms with Gasteiger partial charge in [0.05, 0.1) is 6.54 Å². The Kier molecular flexibility index (Phi) is 9.26. The molecule has 0 saturated carbocycles. The van der Waals surface area contributed by atoms with Crippen LogP contribution in [0.15, 0.2) is 48.5 Å². The Labute approximate surface area is 194 Å². The standard InChI is InChI=1S/C25H32N4O4/c1-33-16-6-13-26-24(31)20-7-5-8-22(17-20)27-18-23(30)28-21-11-9-19(10-12-21)25(32)29-14-3-2-4-15-29/h5,7-12,17,27H,2-4,6,13-16,18H2,1H3,(H,26,31)(H,28,30). The average Bonchev–Trinajstić information content (AvgIpc) is 2.86. The second-order valence-electron chi connectivity index (χ2n) is 8.01. The number of methoxy groups -OCH3 is 1. The number of benzene rings is 2. The van der Waals surface area contributed by atoms with Gasteiger partial charge in [0.15, 0.2) is 0 Å². The van der Waals surface area contributed by atoms with E-state index >= 15 is 0 Å². The number of carbonyl (C=O) groups is 3. The highest BCUT2D eigenvalue weighted by Crippen LogP contribution is 2.16. The Bertz CT molecular complexity index is 940. The Morgan fingerprint density at radius 2 is 1.70 bits per heavy atom. The molecule has 0 radical (unpaired) electrons. The third-order valence-corrected chi connectivity index (χ3v) is 5.45. The molecule has 0 aliphatic carbocycles. The molecular weight excluding hydrogens is 420 g/mol. The zero-order chi connectivity index (χ0) is 23.5. The van der Waals surface area contributed by atoms with Gasteiger partial charge in [-0.3, -0.25) is 14.4 Å². The zero-order valence-electron chi connectivity index (χ0n) is 19.1. The van der Waals surface area contributed by atoms with E-state index in [4.69, 9.17) is 4.74 Å². The molecule has 3 rings (SSSR count). The van der Waals surface area contributed by atoms with Gasteiger partial charge in [-0.05, 0) is 68.1 Å². The SMILES string of the molecule is COCCCNC(=O)c1cccc(NCC(=O)Nc2ccc(C(=O)N3CCCCC3)cc2)c1. The van der Waals surface area contributed by atoms with Crippen LogP contribution < -0.4 is 16.0 Å². The first-order valence-electron chi connectivity index (χ1n) is 11.4. The second kappa shape index (κ2) is 12.6. The largest absolute Gasteiger partial charge is 0.385 e. The number of rotatable bonds is 10. The maximum absolute atomic E-state index is 12.6. The maximum atomic E-state index is 12.6. The van der Waals surface area contributed by atoms with Gasteiger partial charge in [0.1, 0.15) is 0 Å². The minimum Gasteiger partial charge on any atom is -0.385 e. The summed E-state index contributed by atoms with van der Waals surface area (Å²) < 4.78 is 4.97. The zero-order valence-corrected chi connectivity index (χ0v) is 19.1. The molecule has 8 nitrogen and oxygen atoms in total. The fourth-order valence-corrected chi connectivity index (χ4v) is 3.65. The van der Waals surface area contributed by atoms with Crippen LogP contribution >= 0.6 is 0 Å². The van der Waals surface area contributed by atoms with Crippen LogP contribution in [0.3, 0.4) is 0 Å². The van der Waals surface area contributed by atoms with Crippen LogP contribution in [0.25, 0.3) is 0 Å². The van der Waals surface area contributed by atoms with E-state index < -0.39 is 0 Å².